The van der Waals surface area contributed by atoms with Crippen molar-refractivity contribution in [2.24, 2.45) is 17.1 Å². The first kappa shape index (κ1) is 39.6. The van der Waals surface area contributed by atoms with Crippen LogP contribution in [-0.4, -0.2) is 73.8 Å². The van der Waals surface area contributed by atoms with Crippen LogP contribution in [0.5, 0.6) is 23.0 Å². The molecular formula is C39H43F2N4O9P. The van der Waals surface area contributed by atoms with Crippen molar-refractivity contribution in [3.05, 3.63) is 78.5 Å². The number of nitrogens with zero attached hydrogens (tertiary/aromatic N) is 3. The summed E-state index contributed by atoms with van der Waals surface area (Å²) in [6.07, 6.45) is 3.09. The zero-order chi connectivity index (χ0) is 39.3. The lowest BCUT2D eigenvalue weighted by Gasteiger charge is -2.32. The van der Waals surface area contributed by atoms with Crippen LogP contribution in [0, 0.1) is 23.0 Å². The van der Waals surface area contributed by atoms with Crippen molar-refractivity contribution >= 4 is 47.6 Å². The molecule has 1 saturated heterocycles. The van der Waals surface area contributed by atoms with Crippen LogP contribution in [0.15, 0.2) is 66.9 Å². The number of rotatable bonds is 16. The molecule has 13 nitrogen and oxygen atoms in total. The van der Waals surface area contributed by atoms with Crippen LogP contribution in [-0.2, 0) is 28.0 Å². The van der Waals surface area contributed by atoms with E-state index in [0.29, 0.717) is 54.9 Å². The Bertz CT molecular complexity index is 2100. The Morgan fingerprint density at radius 1 is 0.909 bits per heavy atom. The summed E-state index contributed by atoms with van der Waals surface area (Å²) in [5.41, 5.74) is 4.99. The number of hydrogen-bond donors (Lipinski definition) is 1. The molecule has 3 aromatic carbocycles. The van der Waals surface area contributed by atoms with Gasteiger partial charge in [0.1, 0.15) is 23.1 Å². The number of pyridine rings is 1. The van der Waals surface area contributed by atoms with Crippen LogP contribution < -0.4 is 24.8 Å². The normalized spacial score (nSPS) is 15.4. The van der Waals surface area contributed by atoms with Crippen molar-refractivity contribution in [2.45, 2.75) is 39.5 Å². The van der Waals surface area contributed by atoms with Gasteiger partial charge in [-0.1, -0.05) is 0 Å². The van der Waals surface area contributed by atoms with Crippen LogP contribution in [0.3, 0.4) is 0 Å². The van der Waals surface area contributed by atoms with Gasteiger partial charge in [-0.15, -0.1) is 0 Å². The summed E-state index contributed by atoms with van der Waals surface area (Å²) in [7, 11) is -2.00. The molecule has 3 amide bonds. The van der Waals surface area contributed by atoms with Crippen molar-refractivity contribution < 1.29 is 51.0 Å². The van der Waals surface area contributed by atoms with Gasteiger partial charge in [0, 0.05) is 42.5 Å². The summed E-state index contributed by atoms with van der Waals surface area (Å²) < 4.78 is 70.8. The van der Waals surface area contributed by atoms with E-state index >= 15 is 4.39 Å². The fourth-order valence-electron chi connectivity index (χ4n) is 6.54. The molecular weight excluding hydrogens is 737 g/mol. The number of halogens is 2. The van der Waals surface area contributed by atoms with Crippen LogP contribution >= 0.6 is 7.60 Å². The van der Waals surface area contributed by atoms with Gasteiger partial charge in [-0.3, -0.25) is 28.8 Å². The number of methoxy groups -OCH3 is 1. The van der Waals surface area contributed by atoms with Gasteiger partial charge in [-0.25, -0.2) is 8.78 Å². The minimum atomic E-state index is -3.49. The van der Waals surface area contributed by atoms with Crippen molar-refractivity contribution in [3.8, 4) is 23.0 Å². The molecule has 6 rings (SSSR count). The SMILES string of the molecule is CCOP(=O)(CC(=O)N1CCC(COc2cc3nccc(Oc4ccc(N(C(=O)C5(C(N)=O)CC5)c5ccc(F)cc5)cc4F)c3cc2OC)CC1)OCC. The van der Waals surface area contributed by atoms with E-state index in [9.17, 15) is 23.3 Å². The Hall–Kier alpha value is -5.11. The van der Waals surface area contributed by atoms with E-state index in [4.69, 9.17) is 29.0 Å². The number of amides is 3. The largest absolute Gasteiger partial charge is 0.493 e. The highest BCUT2D eigenvalue weighted by Crippen LogP contribution is 2.50. The molecule has 2 aliphatic rings. The maximum Gasteiger partial charge on any atom is 0.340 e. The zero-order valence-electron chi connectivity index (χ0n) is 30.8. The molecule has 2 N–H and O–H groups in total. The molecule has 0 unspecified atom stereocenters. The second-order valence-corrected chi connectivity index (χ2v) is 15.4. The van der Waals surface area contributed by atoms with Gasteiger partial charge in [-0.2, -0.15) is 0 Å². The second-order valence-electron chi connectivity index (χ2n) is 13.3. The van der Waals surface area contributed by atoms with Gasteiger partial charge in [0.25, 0.3) is 0 Å². The van der Waals surface area contributed by atoms with Gasteiger partial charge in [0.15, 0.2) is 23.1 Å². The van der Waals surface area contributed by atoms with E-state index in [1.54, 1.807) is 36.9 Å². The second kappa shape index (κ2) is 16.7. The molecule has 1 saturated carbocycles. The molecule has 2 heterocycles. The Morgan fingerprint density at radius 3 is 2.18 bits per heavy atom. The smallest absolute Gasteiger partial charge is 0.340 e. The highest BCUT2D eigenvalue weighted by atomic mass is 31.2. The zero-order valence-corrected chi connectivity index (χ0v) is 31.7. The Balaban J connectivity index is 1.15. The first-order valence-electron chi connectivity index (χ1n) is 18.0. The van der Waals surface area contributed by atoms with Crippen LogP contribution in [0.1, 0.15) is 39.5 Å². The maximum atomic E-state index is 15.8. The predicted octanol–water partition coefficient (Wildman–Crippen LogP) is 7.13. The minimum absolute atomic E-state index is 0.100. The summed E-state index contributed by atoms with van der Waals surface area (Å²) in [6.45, 7) is 5.09. The predicted molar refractivity (Wildman–Crippen MR) is 200 cm³/mol. The Labute approximate surface area is 317 Å². The van der Waals surface area contributed by atoms with Crippen LogP contribution in [0.4, 0.5) is 20.2 Å². The molecule has 0 bridgehead atoms. The summed E-state index contributed by atoms with van der Waals surface area (Å²) in [5, 5.41) is 0.513. The summed E-state index contributed by atoms with van der Waals surface area (Å²) in [4.78, 5) is 46.0. The highest BCUT2D eigenvalue weighted by molar-refractivity contribution is 7.54. The van der Waals surface area contributed by atoms with E-state index in [1.165, 1.54) is 37.6 Å². The van der Waals surface area contributed by atoms with Crippen molar-refractivity contribution in [2.75, 3.05) is 51.1 Å². The van der Waals surface area contributed by atoms with E-state index in [1.807, 2.05) is 0 Å². The van der Waals surface area contributed by atoms with Gasteiger partial charge >= 0.3 is 7.60 Å². The Morgan fingerprint density at radius 2 is 1.58 bits per heavy atom. The summed E-state index contributed by atoms with van der Waals surface area (Å²) in [5.74, 6) is -1.91. The number of aromatic nitrogens is 1. The number of fused-ring (bicyclic) bond motifs is 1. The molecule has 0 radical (unpaired) electrons. The highest BCUT2D eigenvalue weighted by Gasteiger charge is 2.57. The number of likely N-dealkylation sites (tertiary alicyclic amines) is 1. The number of nitrogens with two attached hydrogens (primary N) is 1. The van der Waals surface area contributed by atoms with Crippen LogP contribution in [0.2, 0.25) is 0 Å². The summed E-state index contributed by atoms with van der Waals surface area (Å²) in [6, 6.07) is 13.9. The fourth-order valence-corrected chi connectivity index (χ4v) is 8.12. The lowest BCUT2D eigenvalue weighted by Crippen LogP contribution is -2.41. The third-order valence-electron chi connectivity index (χ3n) is 9.72. The average molecular weight is 781 g/mol. The molecule has 4 aromatic rings. The number of benzene rings is 3. The first-order valence-corrected chi connectivity index (χ1v) is 19.8. The Kier molecular flexibility index (Phi) is 12.0. The van der Waals surface area contributed by atoms with E-state index in [2.05, 4.69) is 4.98 Å². The number of piperidine rings is 1. The lowest BCUT2D eigenvalue weighted by atomic mass is 9.98. The average Bonchev–Trinajstić information content (AvgIpc) is 3.99. The molecule has 1 aliphatic carbocycles. The molecule has 16 heteroatoms. The molecule has 1 aromatic heterocycles. The molecule has 55 heavy (non-hydrogen) atoms. The fraction of sp³-hybridized carbons (Fsp3) is 0.385. The minimum Gasteiger partial charge on any atom is -0.493 e. The molecule has 0 atom stereocenters. The van der Waals surface area contributed by atoms with E-state index in [0.717, 1.165) is 23.1 Å². The number of ether oxygens (including phenoxy) is 3. The van der Waals surface area contributed by atoms with E-state index in [-0.39, 0.29) is 66.9 Å². The van der Waals surface area contributed by atoms with Crippen molar-refractivity contribution in [3.63, 3.8) is 0 Å². The number of carbonyl (C=O) groups is 3. The standard InChI is InChI=1S/C39H43F2N4O9P/c1-4-52-55(49,53-5-2)24-36(46)44-18-13-25(14-19-44)23-51-35-22-31-29(21-34(35)50-3)32(12-17-43-31)54-33-11-10-28(20-30(33)41)45(27-8-6-26(40)7-9-27)38(48)39(15-16-39)37(42)47/h6-12,17,20-22,25H,4-5,13-16,18-19,23-24H2,1-3H3,(H2,42,47). The topological polar surface area (TPSA) is 160 Å². The number of carbonyl (C=O) groups excluding carboxylic acids is 3. The number of primary amides is 1. The van der Waals surface area contributed by atoms with Crippen LogP contribution in [0.25, 0.3) is 10.9 Å². The third-order valence-corrected chi connectivity index (χ3v) is 11.7. The monoisotopic (exact) mass is 780 g/mol. The number of hydrogen-bond acceptors (Lipinski definition) is 10. The van der Waals surface area contributed by atoms with Gasteiger partial charge in [0.05, 0.1) is 38.1 Å². The quantitative estimate of drug-likeness (QED) is 0.0916. The van der Waals surface area contributed by atoms with E-state index < -0.39 is 36.5 Å². The summed E-state index contributed by atoms with van der Waals surface area (Å²) >= 11 is 0. The molecule has 292 valence electrons. The molecule has 2 fully saturated rings. The van der Waals surface area contributed by atoms with Gasteiger partial charge in [0.2, 0.25) is 17.7 Å². The molecule has 1 aliphatic heterocycles. The van der Waals surface area contributed by atoms with Gasteiger partial charge < -0.3 is 33.9 Å². The first-order chi connectivity index (χ1) is 26.4. The van der Waals surface area contributed by atoms with Crippen molar-refractivity contribution in [1.82, 2.24) is 9.88 Å². The third kappa shape index (κ3) is 8.74. The number of anilines is 2. The maximum absolute atomic E-state index is 15.8. The molecule has 0 spiro atoms. The van der Waals surface area contributed by atoms with Crippen molar-refractivity contribution in [1.29, 1.82) is 0 Å². The van der Waals surface area contributed by atoms with Gasteiger partial charge in [-0.05, 0) is 94.0 Å². The lowest BCUT2D eigenvalue weighted by molar-refractivity contribution is -0.133.